The third-order valence-corrected chi connectivity index (χ3v) is 8.94. The highest BCUT2D eigenvalue weighted by atomic mass is 16.2. The van der Waals surface area contributed by atoms with Gasteiger partial charge in [0.05, 0.1) is 5.56 Å². The maximum absolute atomic E-state index is 13.8. The van der Waals surface area contributed by atoms with Gasteiger partial charge in [-0.2, -0.15) is 0 Å². The fourth-order valence-corrected chi connectivity index (χ4v) is 7.19. The average molecular weight is 537 g/mol. The number of carbonyl (C=O) groups excluding carboxylic acids is 3. The number of nitrogens with zero attached hydrogens (tertiary/aromatic N) is 4. The van der Waals surface area contributed by atoms with Crippen molar-refractivity contribution in [2.75, 3.05) is 5.32 Å². The third kappa shape index (κ3) is 3.99. The molecule has 40 heavy (non-hydrogen) atoms. The van der Waals surface area contributed by atoms with Crippen LogP contribution in [0.2, 0.25) is 0 Å². The molecule has 5 heterocycles. The summed E-state index contributed by atoms with van der Waals surface area (Å²) in [6.45, 7) is 2.93. The Morgan fingerprint density at radius 2 is 2.00 bits per heavy atom. The molecule has 1 saturated carbocycles. The predicted molar refractivity (Wildman–Crippen MR) is 152 cm³/mol. The Kier molecular flexibility index (Phi) is 5.76. The summed E-state index contributed by atoms with van der Waals surface area (Å²) in [5.41, 5.74) is 11.3. The summed E-state index contributed by atoms with van der Waals surface area (Å²) in [6.07, 6.45) is 8.62. The number of rotatable bonds is 6. The van der Waals surface area contributed by atoms with E-state index in [1.54, 1.807) is 21.7 Å². The lowest BCUT2D eigenvalue weighted by Gasteiger charge is -2.34. The van der Waals surface area contributed by atoms with E-state index in [0.29, 0.717) is 11.4 Å². The van der Waals surface area contributed by atoms with Gasteiger partial charge in [0, 0.05) is 52.8 Å². The van der Waals surface area contributed by atoms with Crippen molar-refractivity contribution in [1.29, 1.82) is 0 Å². The number of anilines is 1. The lowest BCUT2D eigenvalue weighted by atomic mass is 9.97. The van der Waals surface area contributed by atoms with E-state index in [0.717, 1.165) is 60.8 Å². The molecule has 2 fully saturated rings. The van der Waals surface area contributed by atoms with Gasteiger partial charge >= 0.3 is 0 Å². The fourth-order valence-electron chi connectivity index (χ4n) is 7.19. The highest BCUT2D eigenvalue weighted by Gasteiger charge is 2.51. The standard InChI is InChI=1S/C31H32N6O3/c1-18-4-2-6-27(33-18)34-31(40)29-20-7-9-21(14-20)37(29)28(38)17-36-16-24(30(32)39)23-15-19(8-10-26(23)36)22-11-13-35-12-3-5-25(22)35/h2,4,6,8,10-11,13,15-16,20-21,29H,3,5,7,9,12,14,17H2,1H3,(H2,32,39)(H,33,34,40)/t20?,21?,29-/m0/s1. The molecule has 3 atom stereocenters. The molecule has 2 aliphatic heterocycles. The Labute approximate surface area is 232 Å². The van der Waals surface area contributed by atoms with E-state index in [-0.39, 0.29) is 30.3 Å². The summed E-state index contributed by atoms with van der Waals surface area (Å²) in [6, 6.07) is 13.1. The first kappa shape index (κ1) is 24.6. The van der Waals surface area contributed by atoms with Crippen LogP contribution in [0.15, 0.2) is 54.9 Å². The van der Waals surface area contributed by atoms with Crippen LogP contribution in [0.1, 0.15) is 47.4 Å². The molecule has 3 aliphatic rings. The molecule has 2 bridgehead atoms. The van der Waals surface area contributed by atoms with E-state index in [1.807, 2.05) is 37.3 Å². The van der Waals surface area contributed by atoms with Crippen LogP contribution >= 0.6 is 0 Å². The van der Waals surface area contributed by atoms with E-state index in [1.165, 1.54) is 11.3 Å². The van der Waals surface area contributed by atoms with Crippen LogP contribution in [-0.4, -0.2) is 48.8 Å². The van der Waals surface area contributed by atoms with Crippen molar-refractivity contribution in [2.24, 2.45) is 11.7 Å². The van der Waals surface area contributed by atoms with Crippen LogP contribution in [0, 0.1) is 12.8 Å². The van der Waals surface area contributed by atoms with E-state index in [2.05, 4.69) is 27.1 Å². The zero-order valence-corrected chi connectivity index (χ0v) is 22.5. The van der Waals surface area contributed by atoms with Crippen LogP contribution < -0.4 is 11.1 Å². The van der Waals surface area contributed by atoms with Crippen LogP contribution in [0.25, 0.3) is 22.0 Å². The minimum absolute atomic E-state index is 0.0282. The summed E-state index contributed by atoms with van der Waals surface area (Å²) in [7, 11) is 0. The number of benzene rings is 1. The maximum atomic E-state index is 13.8. The smallest absolute Gasteiger partial charge is 0.250 e. The molecule has 3 amide bonds. The molecule has 0 spiro atoms. The Balaban J connectivity index is 1.18. The topological polar surface area (TPSA) is 115 Å². The normalized spacial score (nSPS) is 21.2. The summed E-state index contributed by atoms with van der Waals surface area (Å²) in [5, 5.41) is 3.67. The largest absolute Gasteiger partial charge is 0.366 e. The lowest BCUT2D eigenvalue weighted by Crippen LogP contribution is -2.51. The molecule has 1 aliphatic carbocycles. The van der Waals surface area contributed by atoms with Crippen molar-refractivity contribution < 1.29 is 14.4 Å². The SMILES string of the molecule is Cc1cccc(NC(=O)[C@@H]2C3CCC(C3)N2C(=O)Cn2cc(C(N)=O)c3cc(-c4ccn5c4CCC5)ccc32)n1. The van der Waals surface area contributed by atoms with Crippen LogP contribution in [0.5, 0.6) is 0 Å². The molecule has 7 rings (SSSR count). The molecule has 0 radical (unpaired) electrons. The van der Waals surface area contributed by atoms with Gasteiger partial charge in [0.25, 0.3) is 5.91 Å². The molecule has 204 valence electrons. The zero-order valence-electron chi connectivity index (χ0n) is 22.5. The fraction of sp³-hybridized carbons (Fsp3) is 0.355. The second-order valence-electron chi connectivity index (χ2n) is 11.4. The van der Waals surface area contributed by atoms with E-state index in [9.17, 15) is 14.4 Å². The van der Waals surface area contributed by atoms with Crippen molar-refractivity contribution in [3.05, 3.63) is 71.8 Å². The number of carbonyl (C=O) groups is 3. The van der Waals surface area contributed by atoms with E-state index in [4.69, 9.17) is 5.73 Å². The van der Waals surface area contributed by atoms with Gasteiger partial charge in [-0.05, 0) is 80.8 Å². The molecule has 1 aromatic carbocycles. The maximum Gasteiger partial charge on any atom is 0.250 e. The molecular formula is C31H32N6O3. The molecule has 9 nitrogen and oxygen atoms in total. The molecule has 9 heteroatoms. The number of hydrogen-bond donors (Lipinski definition) is 2. The average Bonchev–Trinajstić information content (AvgIpc) is 3.74. The number of aromatic nitrogens is 3. The number of hydrogen-bond acceptors (Lipinski definition) is 4. The van der Waals surface area contributed by atoms with Gasteiger partial charge in [0.1, 0.15) is 18.4 Å². The van der Waals surface area contributed by atoms with Crippen LogP contribution in [0.3, 0.4) is 0 Å². The van der Waals surface area contributed by atoms with E-state index < -0.39 is 11.9 Å². The van der Waals surface area contributed by atoms with Crippen molar-refractivity contribution in [3.63, 3.8) is 0 Å². The molecule has 4 aromatic rings. The van der Waals surface area contributed by atoms with Gasteiger partial charge in [-0.25, -0.2) is 4.98 Å². The molecule has 1 saturated heterocycles. The minimum atomic E-state index is -0.533. The summed E-state index contributed by atoms with van der Waals surface area (Å²) in [4.78, 5) is 45.8. The Bertz CT molecular complexity index is 1680. The van der Waals surface area contributed by atoms with Crippen LogP contribution in [-0.2, 0) is 29.1 Å². The van der Waals surface area contributed by atoms with E-state index >= 15 is 0 Å². The number of pyridine rings is 1. The number of nitrogens with two attached hydrogens (primary N) is 1. The molecule has 3 N–H and O–H groups in total. The zero-order chi connectivity index (χ0) is 27.5. The van der Waals surface area contributed by atoms with Crippen molar-refractivity contribution >= 4 is 34.4 Å². The van der Waals surface area contributed by atoms with Gasteiger partial charge in [-0.15, -0.1) is 0 Å². The van der Waals surface area contributed by atoms with Gasteiger partial charge in [0.2, 0.25) is 11.8 Å². The number of likely N-dealkylation sites (tertiary alicyclic amines) is 1. The molecule has 3 aromatic heterocycles. The Hall–Kier alpha value is -4.40. The van der Waals surface area contributed by atoms with Crippen molar-refractivity contribution in [3.8, 4) is 11.1 Å². The Morgan fingerprint density at radius 3 is 2.83 bits per heavy atom. The second kappa shape index (κ2) is 9.36. The molecule has 2 unspecified atom stereocenters. The monoisotopic (exact) mass is 536 g/mol. The number of primary amides is 1. The highest BCUT2D eigenvalue weighted by molar-refractivity contribution is 6.07. The van der Waals surface area contributed by atoms with Gasteiger partial charge < -0.3 is 25.1 Å². The first-order chi connectivity index (χ1) is 19.4. The Morgan fingerprint density at radius 1 is 1.12 bits per heavy atom. The van der Waals surface area contributed by atoms with Gasteiger partial charge in [0.15, 0.2) is 0 Å². The third-order valence-electron chi connectivity index (χ3n) is 8.94. The van der Waals surface area contributed by atoms with Gasteiger partial charge in [-0.1, -0.05) is 12.1 Å². The predicted octanol–water partition coefficient (Wildman–Crippen LogP) is 3.88. The summed E-state index contributed by atoms with van der Waals surface area (Å²) in [5.74, 6) is -0.232. The number of aryl methyl sites for hydroxylation is 2. The summed E-state index contributed by atoms with van der Waals surface area (Å²) >= 11 is 0. The van der Waals surface area contributed by atoms with Crippen molar-refractivity contribution in [2.45, 2.75) is 64.2 Å². The number of fused-ring (bicyclic) bond motifs is 4. The van der Waals surface area contributed by atoms with Crippen LogP contribution in [0.4, 0.5) is 5.82 Å². The quantitative estimate of drug-likeness (QED) is 0.389. The first-order valence-electron chi connectivity index (χ1n) is 14.0. The molecular weight excluding hydrogens is 504 g/mol. The lowest BCUT2D eigenvalue weighted by molar-refractivity contribution is -0.141. The van der Waals surface area contributed by atoms with Crippen molar-refractivity contribution in [1.82, 2.24) is 19.0 Å². The number of piperidine rings is 1. The number of amides is 3. The second-order valence-corrected chi connectivity index (χ2v) is 11.4. The first-order valence-corrected chi connectivity index (χ1v) is 14.0. The number of nitrogens with one attached hydrogen (secondary N) is 1. The summed E-state index contributed by atoms with van der Waals surface area (Å²) < 4.78 is 4.08. The highest BCUT2D eigenvalue weighted by Crippen LogP contribution is 2.43. The van der Waals surface area contributed by atoms with Gasteiger partial charge in [-0.3, -0.25) is 14.4 Å². The minimum Gasteiger partial charge on any atom is -0.366 e.